The Morgan fingerprint density at radius 2 is 1.44 bits per heavy atom. The molecule has 7 saturated carbocycles. The Balaban J connectivity index is 1.61. The Morgan fingerprint density at radius 1 is 0.833 bits per heavy atom. The van der Waals surface area contributed by atoms with Crippen LogP contribution in [-0.2, 0) is 0 Å². The number of rotatable bonds is 1. The lowest BCUT2D eigenvalue weighted by Crippen LogP contribution is -2.49. The van der Waals surface area contributed by atoms with Crippen LogP contribution in [0.15, 0.2) is 0 Å². The molecular formula is C18H26. The van der Waals surface area contributed by atoms with Gasteiger partial charge in [0.1, 0.15) is 0 Å². The van der Waals surface area contributed by atoms with Crippen LogP contribution in [0.5, 0.6) is 0 Å². The molecule has 98 valence electrons. The van der Waals surface area contributed by atoms with E-state index in [-0.39, 0.29) is 0 Å². The van der Waals surface area contributed by atoms with Gasteiger partial charge in [0.15, 0.2) is 0 Å². The van der Waals surface area contributed by atoms with Crippen molar-refractivity contribution in [2.24, 2.45) is 58.7 Å². The minimum atomic E-state index is 0.876. The molecule has 0 aliphatic heterocycles. The van der Waals surface area contributed by atoms with Crippen LogP contribution in [0.1, 0.15) is 51.9 Å². The predicted octanol–water partition coefficient (Wildman–Crippen LogP) is 4.35. The standard InChI is InChI=1S/C18H26/c1-2-18-8-13-11-5-6-12(13)15-14(11)16(18)9-3-4-10(7-9)17(15)18/h9-17H,2-8H2,1H3. The normalized spacial score (nSPS) is 73.5. The lowest BCUT2D eigenvalue weighted by atomic mass is 9.49. The number of hydrogen-bond acceptors (Lipinski definition) is 0. The molecule has 0 amide bonds. The maximum atomic E-state index is 2.56. The predicted molar refractivity (Wildman–Crippen MR) is 71.8 cm³/mol. The van der Waals surface area contributed by atoms with Crippen LogP contribution in [0.25, 0.3) is 0 Å². The third-order valence-electron chi connectivity index (χ3n) is 9.33. The first-order valence-electron chi connectivity index (χ1n) is 8.85. The molecule has 0 aromatic rings. The van der Waals surface area contributed by atoms with Gasteiger partial charge in [-0.15, -0.1) is 0 Å². The molecule has 0 heterocycles. The molecular weight excluding hydrogens is 216 g/mol. The zero-order valence-corrected chi connectivity index (χ0v) is 11.6. The second kappa shape index (κ2) is 2.72. The van der Waals surface area contributed by atoms with Crippen LogP contribution < -0.4 is 0 Å². The molecule has 0 heteroatoms. The molecule has 0 saturated heterocycles. The van der Waals surface area contributed by atoms with E-state index in [0.717, 1.165) is 5.41 Å². The highest BCUT2D eigenvalue weighted by molar-refractivity contribution is 5.26. The van der Waals surface area contributed by atoms with Crippen molar-refractivity contribution in [2.75, 3.05) is 0 Å². The zero-order valence-electron chi connectivity index (χ0n) is 11.6. The van der Waals surface area contributed by atoms with E-state index in [1.54, 1.807) is 38.5 Å². The van der Waals surface area contributed by atoms with E-state index in [9.17, 15) is 0 Å². The molecule has 7 fully saturated rings. The topological polar surface area (TPSA) is 0 Å². The maximum Gasteiger partial charge on any atom is -0.0230 e. The Labute approximate surface area is 111 Å². The van der Waals surface area contributed by atoms with Crippen molar-refractivity contribution in [2.45, 2.75) is 51.9 Å². The van der Waals surface area contributed by atoms with Crippen LogP contribution in [0.4, 0.5) is 0 Å². The van der Waals surface area contributed by atoms with Gasteiger partial charge in [0.2, 0.25) is 0 Å². The molecule has 0 aromatic carbocycles. The fourth-order valence-corrected chi connectivity index (χ4v) is 9.56. The first-order valence-corrected chi connectivity index (χ1v) is 8.85. The van der Waals surface area contributed by atoms with Crippen molar-refractivity contribution in [1.82, 2.24) is 0 Å². The van der Waals surface area contributed by atoms with Gasteiger partial charge in [-0.25, -0.2) is 0 Å². The van der Waals surface area contributed by atoms with Crippen LogP contribution >= 0.6 is 0 Å². The van der Waals surface area contributed by atoms with Gasteiger partial charge in [-0.2, -0.15) is 0 Å². The van der Waals surface area contributed by atoms with Crippen molar-refractivity contribution in [3.8, 4) is 0 Å². The monoisotopic (exact) mass is 242 g/mol. The molecule has 0 spiro atoms. The summed E-state index contributed by atoms with van der Waals surface area (Å²) in [4.78, 5) is 0. The van der Waals surface area contributed by atoms with Crippen LogP contribution in [0.3, 0.4) is 0 Å². The molecule has 7 aliphatic carbocycles. The maximum absolute atomic E-state index is 2.56. The molecule has 0 nitrogen and oxygen atoms in total. The van der Waals surface area contributed by atoms with Crippen LogP contribution in [-0.4, -0.2) is 0 Å². The molecule has 0 aromatic heterocycles. The van der Waals surface area contributed by atoms with Gasteiger partial charge in [-0.05, 0) is 104 Å². The van der Waals surface area contributed by atoms with Gasteiger partial charge in [0.05, 0.1) is 0 Å². The Morgan fingerprint density at radius 3 is 2.00 bits per heavy atom. The van der Waals surface area contributed by atoms with Gasteiger partial charge < -0.3 is 0 Å². The van der Waals surface area contributed by atoms with Gasteiger partial charge in [-0.3, -0.25) is 0 Å². The van der Waals surface area contributed by atoms with Gasteiger partial charge in [0.25, 0.3) is 0 Å². The largest absolute Gasteiger partial charge is 0.0648 e. The van der Waals surface area contributed by atoms with Crippen molar-refractivity contribution in [1.29, 1.82) is 0 Å². The fraction of sp³-hybridized carbons (Fsp3) is 1.00. The molecule has 8 unspecified atom stereocenters. The summed E-state index contributed by atoms with van der Waals surface area (Å²) in [6.07, 6.45) is 11.4. The number of hydrogen-bond donors (Lipinski definition) is 0. The minimum absolute atomic E-state index is 0.876. The summed E-state index contributed by atoms with van der Waals surface area (Å²) in [6.45, 7) is 2.56. The lowest BCUT2D eigenvalue weighted by molar-refractivity contribution is -0.0729. The summed E-state index contributed by atoms with van der Waals surface area (Å²) in [6, 6.07) is 0. The van der Waals surface area contributed by atoms with E-state index in [4.69, 9.17) is 0 Å². The van der Waals surface area contributed by atoms with E-state index in [2.05, 4.69) is 6.92 Å². The molecule has 18 heavy (non-hydrogen) atoms. The second-order valence-corrected chi connectivity index (χ2v) is 8.90. The average Bonchev–Trinajstić information content (AvgIpc) is 3.05. The average molecular weight is 242 g/mol. The van der Waals surface area contributed by atoms with Crippen molar-refractivity contribution < 1.29 is 0 Å². The van der Waals surface area contributed by atoms with Gasteiger partial charge in [-0.1, -0.05) is 6.92 Å². The van der Waals surface area contributed by atoms with Crippen molar-refractivity contribution in [3.05, 3.63) is 0 Å². The van der Waals surface area contributed by atoms with Gasteiger partial charge in [0, 0.05) is 0 Å². The quantitative estimate of drug-likeness (QED) is 0.641. The lowest BCUT2D eigenvalue weighted by Gasteiger charge is -2.55. The Bertz CT molecular complexity index is 392. The highest BCUT2D eigenvalue weighted by atomic mass is 14.8. The van der Waals surface area contributed by atoms with Gasteiger partial charge >= 0.3 is 0 Å². The Hall–Kier alpha value is 0. The number of fused-ring (bicyclic) bond motifs is 2. The summed E-state index contributed by atoms with van der Waals surface area (Å²) in [5.41, 5.74) is 0.876. The molecule has 0 N–H and O–H groups in total. The minimum Gasteiger partial charge on any atom is -0.0648 e. The van der Waals surface area contributed by atoms with Crippen molar-refractivity contribution in [3.63, 3.8) is 0 Å². The summed E-state index contributed by atoms with van der Waals surface area (Å²) in [7, 11) is 0. The zero-order chi connectivity index (χ0) is 11.6. The SMILES string of the molecule is CCC12CC3C4CCC3C3C4C1C1CCC(C1)C32. The van der Waals surface area contributed by atoms with Crippen LogP contribution in [0.2, 0.25) is 0 Å². The third-order valence-corrected chi connectivity index (χ3v) is 9.33. The molecule has 0 radical (unpaired) electrons. The highest BCUT2D eigenvalue weighted by Crippen LogP contribution is 2.84. The summed E-state index contributed by atoms with van der Waals surface area (Å²) >= 11 is 0. The Kier molecular flexibility index (Phi) is 1.49. The van der Waals surface area contributed by atoms with Crippen LogP contribution in [0, 0.1) is 58.7 Å². The summed E-state index contributed by atoms with van der Waals surface area (Å²) in [5.74, 6) is 10.9. The highest BCUT2D eigenvalue weighted by Gasteiger charge is 2.78. The van der Waals surface area contributed by atoms with Crippen molar-refractivity contribution >= 4 is 0 Å². The van der Waals surface area contributed by atoms with E-state index < -0.39 is 0 Å². The third kappa shape index (κ3) is 0.735. The summed E-state index contributed by atoms with van der Waals surface area (Å²) < 4.78 is 0. The first-order chi connectivity index (χ1) is 8.85. The second-order valence-electron chi connectivity index (χ2n) is 8.90. The fourth-order valence-electron chi connectivity index (χ4n) is 9.56. The van der Waals surface area contributed by atoms with E-state index in [1.165, 1.54) is 59.7 Å². The molecule has 10 bridgehead atoms. The van der Waals surface area contributed by atoms with E-state index in [0.29, 0.717) is 0 Å². The first kappa shape index (κ1) is 9.83. The van der Waals surface area contributed by atoms with E-state index in [1.807, 2.05) is 0 Å². The molecule has 8 atom stereocenters. The summed E-state index contributed by atoms with van der Waals surface area (Å²) in [5, 5.41) is 0. The molecule has 7 rings (SSSR count). The van der Waals surface area contributed by atoms with E-state index >= 15 is 0 Å². The molecule has 7 aliphatic rings. The smallest absolute Gasteiger partial charge is 0.0230 e.